The van der Waals surface area contributed by atoms with Crippen LogP contribution in [0.5, 0.6) is 0 Å². The molecule has 0 unspecified atom stereocenters. The number of pyridine rings is 1. The second-order valence-electron chi connectivity index (χ2n) is 5.25. The van der Waals surface area contributed by atoms with Crippen molar-refractivity contribution in [1.82, 2.24) is 10.3 Å². The molecule has 112 valence electrons. The van der Waals surface area contributed by atoms with E-state index in [2.05, 4.69) is 10.3 Å². The fraction of sp³-hybridized carbons (Fsp3) is 0.235. The highest BCUT2D eigenvalue weighted by molar-refractivity contribution is 6.09. The first-order valence-corrected chi connectivity index (χ1v) is 7.29. The van der Waals surface area contributed by atoms with E-state index in [9.17, 15) is 9.59 Å². The molecule has 3 rings (SSSR count). The third-order valence-corrected chi connectivity index (χ3v) is 3.78. The normalized spacial score (nSPS) is 17.5. The van der Waals surface area contributed by atoms with Crippen molar-refractivity contribution in [2.45, 2.75) is 13.0 Å². The Morgan fingerprint density at radius 1 is 1.23 bits per heavy atom. The number of carbonyl (C=O) groups is 2. The van der Waals surface area contributed by atoms with Crippen molar-refractivity contribution >= 4 is 17.5 Å². The van der Waals surface area contributed by atoms with Crippen LogP contribution in [0.4, 0.5) is 5.69 Å². The lowest BCUT2D eigenvalue weighted by atomic mass is 10.1. The largest absolute Gasteiger partial charge is 0.351 e. The smallest absolute Gasteiger partial charge is 0.239 e. The van der Waals surface area contributed by atoms with Crippen molar-refractivity contribution in [3.63, 3.8) is 0 Å². The third kappa shape index (κ3) is 2.98. The standard InChI is InChI=1S/C17H17N3O2/c21-16(19-12-13-5-4-9-18-11-13)15-8-10-20(17(15)22)14-6-2-1-3-7-14/h1-7,9,11,15H,8,10,12H2,(H,19,21)/t15-/m1/s1. The number of nitrogens with one attached hydrogen (secondary N) is 1. The lowest BCUT2D eigenvalue weighted by Gasteiger charge is -2.16. The van der Waals surface area contributed by atoms with Gasteiger partial charge in [-0.15, -0.1) is 0 Å². The predicted octanol–water partition coefficient (Wildman–Crippen LogP) is 1.75. The van der Waals surface area contributed by atoms with Crippen LogP contribution in [0, 0.1) is 5.92 Å². The topological polar surface area (TPSA) is 62.3 Å². The average Bonchev–Trinajstić information content (AvgIpc) is 2.96. The molecule has 1 aromatic heterocycles. The quantitative estimate of drug-likeness (QED) is 0.874. The van der Waals surface area contributed by atoms with Crippen LogP contribution in [-0.2, 0) is 16.1 Å². The molecule has 5 heteroatoms. The lowest BCUT2D eigenvalue weighted by Crippen LogP contribution is -2.36. The van der Waals surface area contributed by atoms with Crippen LogP contribution < -0.4 is 10.2 Å². The molecule has 0 spiro atoms. The van der Waals surface area contributed by atoms with Crippen molar-refractivity contribution in [1.29, 1.82) is 0 Å². The van der Waals surface area contributed by atoms with Crippen LogP contribution in [0.3, 0.4) is 0 Å². The van der Waals surface area contributed by atoms with E-state index in [4.69, 9.17) is 0 Å². The number of hydrogen-bond donors (Lipinski definition) is 1. The summed E-state index contributed by atoms with van der Waals surface area (Å²) >= 11 is 0. The summed E-state index contributed by atoms with van der Waals surface area (Å²) in [5.41, 5.74) is 1.76. The summed E-state index contributed by atoms with van der Waals surface area (Å²) < 4.78 is 0. The van der Waals surface area contributed by atoms with Gasteiger partial charge >= 0.3 is 0 Å². The number of hydrogen-bond acceptors (Lipinski definition) is 3. The number of benzene rings is 1. The summed E-state index contributed by atoms with van der Waals surface area (Å²) in [6.07, 6.45) is 3.93. The molecule has 2 amide bonds. The summed E-state index contributed by atoms with van der Waals surface area (Å²) in [6, 6.07) is 13.2. The molecule has 0 saturated carbocycles. The number of amides is 2. The second kappa shape index (κ2) is 6.39. The number of aromatic nitrogens is 1. The van der Waals surface area contributed by atoms with Crippen molar-refractivity contribution in [3.05, 3.63) is 60.4 Å². The van der Waals surface area contributed by atoms with Gasteiger partial charge in [0.25, 0.3) is 0 Å². The molecule has 1 aliphatic rings. The summed E-state index contributed by atoms with van der Waals surface area (Å²) in [5, 5.41) is 2.82. The second-order valence-corrected chi connectivity index (χ2v) is 5.25. The molecule has 1 aromatic carbocycles. The minimum absolute atomic E-state index is 0.130. The van der Waals surface area contributed by atoms with E-state index in [0.717, 1.165) is 11.3 Å². The summed E-state index contributed by atoms with van der Waals surface area (Å²) in [7, 11) is 0. The van der Waals surface area contributed by atoms with E-state index in [0.29, 0.717) is 19.5 Å². The molecule has 1 aliphatic heterocycles. The molecule has 1 saturated heterocycles. The Morgan fingerprint density at radius 3 is 2.77 bits per heavy atom. The van der Waals surface area contributed by atoms with Crippen LogP contribution in [0.25, 0.3) is 0 Å². The number of para-hydroxylation sites is 1. The minimum Gasteiger partial charge on any atom is -0.351 e. The molecule has 0 bridgehead atoms. The van der Waals surface area contributed by atoms with Gasteiger partial charge in [0.2, 0.25) is 11.8 Å². The number of anilines is 1. The van der Waals surface area contributed by atoms with Crippen LogP contribution in [0.15, 0.2) is 54.9 Å². The molecule has 22 heavy (non-hydrogen) atoms. The molecule has 1 N–H and O–H groups in total. The maximum absolute atomic E-state index is 12.4. The summed E-state index contributed by atoms with van der Waals surface area (Å²) in [4.78, 5) is 30.3. The maximum Gasteiger partial charge on any atom is 0.239 e. The van der Waals surface area contributed by atoms with Crippen LogP contribution >= 0.6 is 0 Å². The van der Waals surface area contributed by atoms with Gasteiger partial charge in [0.1, 0.15) is 5.92 Å². The van der Waals surface area contributed by atoms with Gasteiger partial charge < -0.3 is 10.2 Å². The molecule has 5 nitrogen and oxygen atoms in total. The van der Waals surface area contributed by atoms with Crippen molar-refractivity contribution in [3.8, 4) is 0 Å². The molecule has 2 aromatic rings. The predicted molar refractivity (Wildman–Crippen MR) is 83.0 cm³/mol. The van der Waals surface area contributed by atoms with Crippen LogP contribution in [0.1, 0.15) is 12.0 Å². The zero-order valence-corrected chi connectivity index (χ0v) is 12.1. The monoisotopic (exact) mass is 295 g/mol. The summed E-state index contributed by atoms with van der Waals surface area (Å²) in [5.74, 6) is -0.945. The first kappa shape index (κ1) is 14.3. The van der Waals surface area contributed by atoms with Gasteiger partial charge in [-0.2, -0.15) is 0 Å². The molecular formula is C17H17N3O2. The number of carbonyl (C=O) groups excluding carboxylic acids is 2. The minimum atomic E-state index is -0.600. The van der Waals surface area contributed by atoms with Gasteiger partial charge in [-0.25, -0.2) is 0 Å². The van der Waals surface area contributed by atoms with Crippen LogP contribution in [0.2, 0.25) is 0 Å². The van der Waals surface area contributed by atoms with Crippen molar-refractivity contribution in [2.75, 3.05) is 11.4 Å². The van der Waals surface area contributed by atoms with Gasteiger partial charge in [0, 0.05) is 31.2 Å². The molecule has 0 aliphatic carbocycles. The first-order valence-electron chi connectivity index (χ1n) is 7.29. The Morgan fingerprint density at radius 2 is 2.05 bits per heavy atom. The van der Waals surface area contributed by atoms with Gasteiger partial charge in [0.05, 0.1) is 0 Å². The van der Waals surface area contributed by atoms with E-state index in [1.165, 1.54) is 0 Å². The summed E-state index contributed by atoms with van der Waals surface area (Å²) in [6.45, 7) is 0.968. The lowest BCUT2D eigenvalue weighted by molar-refractivity contribution is -0.132. The zero-order chi connectivity index (χ0) is 15.4. The number of nitrogens with zero attached hydrogens (tertiary/aromatic N) is 2. The van der Waals surface area contributed by atoms with Gasteiger partial charge in [-0.3, -0.25) is 14.6 Å². The Kier molecular flexibility index (Phi) is 4.14. The highest BCUT2D eigenvalue weighted by atomic mass is 16.2. The first-order chi connectivity index (χ1) is 10.8. The Balaban J connectivity index is 1.61. The fourth-order valence-corrected chi connectivity index (χ4v) is 2.60. The van der Waals surface area contributed by atoms with Gasteiger partial charge in [-0.05, 0) is 30.2 Å². The Bertz CT molecular complexity index is 658. The van der Waals surface area contributed by atoms with E-state index >= 15 is 0 Å². The Labute approximate surface area is 129 Å². The van der Waals surface area contributed by atoms with E-state index in [1.807, 2.05) is 42.5 Å². The zero-order valence-electron chi connectivity index (χ0n) is 12.1. The fourth-order valence-electron chi connectivity index (χ4n) is 2.60. The van der Waals surface area contributed by atoms with E-state index < -0.39 is 5.92 Å². The molecule has 1 atom stereocenters. The highest BCUT2D eigenvalue weighted by Crippen LogP contribution is 2.25. The van der Waals surface area contributed by atoms with E-state index in [1.54, 1.807) is 17.3 Å². The Hall–Kier alpha value is -2.69. The van der Waals surface area contributed by atoms with Gasteiger partial charge in [-0.1, -0.05) is 24.3 Å². The van der Waals surface area contributed by atoms with E-state index in [-0.39, 0.29) is 11.8 Å². The van der Waals surface area contributed by atoms with Crippen molar-refractivity contribution in [2.24, 2.45) is 5.92 Å². The van der Waals surface area contributed by atoms with Gasteiger partial charge in [0.15, 0.2) is 0 Å². The number of rotatable bonds is 4. The maximum atomic E-state index is 12.4. The SMILES string of the molecule is O=C(NCc1cccnc1)[C@H]1CCN(c2ccccc2)C1=O. The highest BCUT2D eigenvalue weighted by Gasteiger charge is 2.37. The molecular weight excluding hydrogens is 278 g/mol. The van der Waals surface area contributed by atoms with Crippen LogP contribution in [-0.4, -0.2) is 23.3 Å². The molecule has 2 heterocycles. The average molecular weight is 295 g/mol. The third-order valence-electron chi connectivity index (χ3n) is 3.78. The van der Waals surface area contributed by atoms with Crippen molar-refractivity contribution < 1.29 is 9.59 Å². The molecule has 0 radical (unpaired) electrons. The molecule has 1 fully saturated rings.